The number of unbranched alkanes of at least 4 members (excludes halogenated alkanes) is 7. The quantitative estimate of drug-likeness (QED) is 0.489. The molecule has 0 aromatic rings. The van der Waals surface area contributed by atoms with Gasteiger partial charge in [0, 0.05) is 5.54 Å². The summed E-state index contributed by atoms with van der Waals surface area (Å²) in [5.74, 6) is 0.645. The Labute approximate surface area is 110 Å². The Morgan fingerprint density at radius 1 is 0.882 bits per heavy atom. The van der Waals surface area contributed by atoms with Gasteiger partial charge in [-0.3, -0.25) is 0 Å². The van der Waals surface area contributed by atoms with Crippen molar-refractivity contribution in [2.45, 2.75) is 97.4 Å². The van der Waals surface area contributed by atoms with Crippen molar-refractivity contribution in [1.29, 1.82) is 0 Å². The molecule has 2 atom stereocenters. The van der Waals surface area contributed by atoms with Gasteiger partial charge in [0.2, 0.25) is 0 Å². The smallest absolute Gasteiger partial charge is 0.0151 e. The van der Waals surface area contributed by atoms with E-state index in [9.17, 15) is 0 Å². The number of nitrogens with two attached hydrogens (primary N) is 1. The SMILES string of the molecule is CCCCCCCCCCC(C)(N)C(C)CC. The average Bonchev–Trinajstić information content (AvgIpc) is 2.31. The summed E-state index contributed by atoms with van der Waals surface area (Å²) in [5, 5.41) is 0. The first kappa shape index (κ1) is 17.0. The molecule has 0 aliphatic rings. The second kappa shape index (κ2) is 9.94. The topological polar surface area (TPSA) is 26.0 Å². The highest BCUT2D eigenvalue weighted by Gasteiger charge is 2.23. The first-order valence-electron chi connectivity index (χ1n) is 7.83. The van der Waals surface area contributed by atoms with Crippen molar-refractivity contribution >= 4 is 0 Å². The minimum absolute atomic E-state index is 0.0525. The Balaban J connectivity index is 3.38. The third-order valence-electron chi connectivity index (χ3n) is 4.31. The van der Waals surface area contributed by atoms with Crippen molar-refractivity contribution in [2.24, 2.45) is 11.7 Å². The molecular weight excluding hydrogens is 206 g/mol. The van der Waals surface area contributed by atoms with E-state index in [4.69, 9.17) is 5.73 Å². The molecule has 104 valence electrons. The van der Waals surface area contributed by atoms with Gasteiger partial charge in [-0.2, -0.15) is 0 Å². The van der Waals surface area contributed by atoms with E-state index in [1.807, 2.05) is 0 Å². The lowest BCUT2D eigenvalue weighted by molar-refractivity contribution is 0.279. The summed E-state index contributed by atoms with van der Waals surface area (Å²) in [6.07, 6.45) is 13.5. The molecule has 17 heavy (non-hydrogen) atoms. The second-order valence-corrected chi connectivity index (χ2v) is 6.04. The van der Waals surface area contributed by atoms with Gasteiger partial charge in [0.15, 0.2) is 0 Å². The molecule has 2 unspecified atom stereocenters. The summed E-state index contributed by atoms with van der Waals surface area (Å²) in [5.41, 5.74) is 6.40. The molecular formula is C16H35N. The monoisotopic (exact) mass is 241 g/mol. The van der Waals surface area contributed by atoms with Crippen molar-refractivity contribution in [3.8, 4) is 0 Å². The van der Waals surface area contributed by atoms with E-state index in [0.717, 1.165) is 0 Å². The van der Waals surface area contributed by atoms with E-state index in [1.54, 1.807) is 0 Å². The van der Waals surface area contributed by atoms with Gasteiger partial charge in [-0.05, 0) is 19.3 Å². The fraction of sp³-hybridized carbons (Fsp3) is 1.00. The summed E-state index contributed by atoms with van der Waals surface area (Å²) in [7, 11) is 0. The standard InChI is InChI=1S/C16H35N/c1-5-7-8-9-10-11-12-13-14-16(4,17)15(3)6-2/h15H,5-14,17H2,1-4H3. The van der Waals surface area contributed by atoms with Crippen LogP contribution < -0.4 is 5.73 Å². The van der Waals surface area contributed by atoms with Crippen LogP contribution in [0.2, 0.25) is 0 Å². The molecule has 0 aromatic carbocycles. The molecule has 0 saturated heterocycles. The molecule has 0 aliphatic heterocycles. The molecule has 1 nitrogen and oxygen atoms in total. The van der Waals surface area contributed by atoms with Crippen molar-refractivity contribution in [3.05, 3.63) is 0 Å². The van der Waals surface area contributed by atoms with Crippen LogP contribution in [0.5, 0.6) is 0 Å². The fourth-order valence-corrected chi connectivity index (χ4v) is 2.35. The maximum absolute atomic E-state index is 6.35. The summed E-state index contributed by atoms with van der Waals surface area (Å²) >= 11 is 0. The van der Waals surface area contributed by atoms with Gasteiger partial charge in [-0.1, -0.05) is 78.6 Å². The Morgan fingerprint density at radius 2 is 1.35 bits per heavy atom. The van der Waals surface area contributed by atoms with Crippen molar-refractivity contribution in [3.63, 3.8) is 0 Å². The van der Waals surface area contributed by atoms with Crippen LogP contribution in [0.15, 0.2) is 0 Å². The minimum Gasteiger partial charge on any atom is -0.325 e. The van der Waals surface area contributed by atoms with Gasteiger partial charge in [0.25, 0.3) is 0 Å². The Kier molecular flexibility index (Phi) is 9.91. The molecule has 0 heterocycles. The van der Waals surface area contributed by atoms with Crippen LogP contribution >= 0.6 is 0 Å². The van der Waals surface area contributed by atoms with E-state index >= 15 is 0 Å². The normalized spacial score (nSPS) is 16.8. The number of hydrogen-bond donors (Lipinski definition) is 1. The van der Waals surface area contributed by atoms with Crippen LogP contribution in [0.3, 0.4) is 0 Å². The van der Waals surface area contributed by atoms with E-state index < -0.39 is 0 Å². The summed E-state index contributed by atoms with van der Waals surface area (Å²) in [6, 6.07) is 0. The first-order valence-corrected chi connectivity index (χ1v) is 7.83. The molecule has 0 radical (unpaired) electrons. The van der Waals surface area contributed by atoms with Crippen LogP contribution in [0.25, 0.3) is 0 Å². The lowest BCUT2D eigenvalue weighted by Crippen LogP contribution is -2.42. The largest absolute Gasteiger partial charge is 0.325 e. The molecule has 0 rings (SSSR count). The van der Waals surface area contributed by atoms with Gasteiger partial charge < -0.3 is 5.73 Å². The molecule has 0 saturated carbocycles. The van der Waals surface area contributed by atoms with Crippen molar-refractivity contribution < 1.29 is 0 Å². The summed E-state index contributed by atoms with van der Waals surface area (Å²) in [4.78, 5) is 0. The highest BCUT2D eigenvalue weighted by molar-refractivity contribution is 4.83. The average molecular weight is 241 g/mol. The Bertz CT molecular complexity index is 163. The first-order chi connectivity index (χ1) is 8.04. The predicted molar refractivity (Wildman–Crippen MR) is 79.3 cm³/mol. The number of hydrogen-bond acceptors (Lipinski definition) is 1. The fourth-order valence-electron chi connectivity index (χ4n) is 2.35. The number of rotatable bonds is 11. The lowest BCUT2D eigenvalue weighted by Gasteiger charge is -2.31. The molecule has 0 amide bonds. The van der Waals surface area contributed by atoms with Crippen LogP contribution in [0.1, 0.15) is 91.9 Å². The summed E-state index contributed by atoms with van der Waals surface area (Å²) < 4.78 is 0. The zero-order valence-electron chi connectivity index (χ0n) is 12.7. The van der Waals surface area contributed by atoms with Crippen LogP contribution in [-0.2, 0) is 0 Å². The zero-order chi connectivity index (χ0) is 13.1. The maximum atomic E-state index is 6.35. The molecule has 0 fully saturated rings. The molecule has 2 N–H and O–H groups in total. The van der Waals surface area contributed by atoms with E-state index in [0.29, 0.717) is 5.92 Å². The van der Waals surface area contributed by atoms with Crippen LogP contribution in [-0.4, -0.2) is 5.54 Å². The highest BCUT2D eigenvalue weighted by atomic mass is 14.7. The molecule has 0 aliphatic carbocycles. The molecule has 0 spiro atoms. The van der Waals surface area contributed by atoms with Gasteiger partial charge >= 0.3 is 0 Å². The van der Waals surface area contributed by atoms with Gasteiger partial charge in [-0.15, -0.1) is 0 Å². The van der Waals surface area contributed by atoms with Gasteiger partial charge in [-0.25, -0.2) is 0 Å². The highest BCUT2D eigenvalue weighted by Crippen LogP contribution is 2.23. The molecule has 0 aromatic heterocycles. The summed E-state index contributed by atoms with van der Waals surface area (Å²) in [6.45, 7) is 9.02. The molecule has 0 bridgehead atoms. The van der Waals surface area contributed by atoms with Crippen molar-refractivity contribution in [2.75, 3.05) is 0 Å². The van der Waals surface area contributed by atoms with Crippen molar-refractivity contribution in [1.82, 2.24) is 0 Å². The Hall–Kier alpha value is -0.0400. The predicted octanol–water partition coefficient (Wildman–Crippen LogP) is 5.28. The zero-order valence-corrected chi connectivity index (χ0v) is 12.7. The molecule has 1 heteroatoms. The minimum atomic E-state index is 0.0525. The van der Waals surface area contributed by atoms with E-state index in [-0.39, 0.29) is 5.54 Å². The maximum Gasteiger partial charge on any atom is 0.0151 e. The van der Waals surface area contributed by atoms with Gasteiger partial charge in [0.05, 0.1) is 0 Å². The van der Waals surface area contributed by atoms with Crippen LogP contribution in [0, 0.1) is 5.92 Å². The second-order valence-electron chi connectivity index (χ2n) is 6.04. The third-order valence-corrected chi connectivity index (χ3v) is 4.31. The van der Waals surface area contributed by atoms with E-state index in [2.05, 4.69) is 27.7 Å². The van der Waals surface area contributed by atoms with Crippen LogP contribution in [0.4, 0.5) is 0 Å². The lowest BCUT2D eigenvalue weighted by atomic mass is 9.82. The van der Waals surface area contributed by atoms with Gasteiger partial charge in [0.1, 0.15) is 0 Å². The van der Waals surface area contributed by atoms with E-state index in [1.165, 1.54) is 64.2 Å². The Morgan fingerprint density at radius 3 is 1.82 bits per heavy atom. The third kappa shape index (κ3) is 8.65.